The normalized spacial score (nSPS) is 14.8. The van der Waals surface area contributed by atoms with E-state index in [4.69, 9.17) is 23.2 Å². The number of imide groups is 1. The van der Waals surface area contributed by atoms with Crippen molar-refractivity contribution < 1.29 is 18.0 Å². The third-order valence-electron chi connectivity index (χ3n) is 3.95. The van der Waals surface area contributed by atoms with E-state index in [0.717, 1.165) is 4.90 Å². The number of hydrogen-bond donors (Lipinski definition) is 1. The molecule has 1 aliphatic heterocycles. The highest BCUT2D eigenvalue weighted by Gasteiger charge is 2.31. The first-order valence-electron chi connectivity index (χ1n) is 7.63. The molecule has 2 amide bonds. The van der Waals surface area contributed by atoms with Crippen LogP contribution in [-0.4, -0.2) is 20.2 Å². The van der Waals surface area contributed by atoms with Crippen molar-refractivity contribution >= 4 is 56.4 Å². The summed E-state index contributed by atoms with van der Waals surface area (Å²) in [7, 11) is -3.90. The third-order valence-corrected chi connectivity index (χ3v) is 5.86. The number of anilines is 2. The molecule has 1 aliphatic rings. The number of carbonyl (C=O) groups excluding carboxylic acids is 2. The summed E-state index contributed by atoms with van der Waals surface area (Å²) < 4.78 is 27.6. The lowest BCUT2D eigenvalue weighted by molar-refractivity contribution is -0.121. The summed E-state index contributed by atoms with van der Waals surface area (Å²) in [5.74, 6) is -0.584. The zero-order valence-corrected chi connectivity index (χ0v) is 16.0. The summed E-state index contributed by atoms with van der Waals surface area (Å²) in [6.07, 6.45) is 0.323. The van der Waals surface area contributed by atoms with Crippen LogP contribution in [0.1, 0.15) is 18.4 Å². The molecule has 0 spiro atoms. The van der Waals surface area contributed by atoms with Crippen molar-refractivity contribution in [3.63, 3.8) is 0 Å². The van der Waals surface area contributed by atoms with E-state index in [1.807, 2.05) is 0 Å². The van der Waals surface area contributed by atoms with Crippen molar-refractivity contribution in [2.24, 2.45) is 0 Å². The Balaban J connectivity index is 1.92. The Kier molecular flexibility index (Phi) is 4.96. The van der Waals surface area contributed by atoms with Crippen LogP contribution in [0.2, 0.25) is 10.0 Å². The van der Waals surface area contributed by atoms with E-state index < -0.39 is 10.0 Å². The molecule has 1 N–H and O–H groups in total. The number of halogens is 2. The molecule has 0 aromatic heterocycles. The summed E-state index contributed by atoms with van der Waals surface area (Å²) in [5.41, 5.74) is 1.09. The highest BCUT2D eigenvalue weighted by atomic mass is 35.5. The fraction of sp³-hybridized carbons (Fsp3) is 0.176. The maximum absolute atomic E-state index is 12.6. The second-order valence-corrected chi connectivity index (χ2v) is 8.33. The molecule has 136 valence electrons. The largest absolute Gasteiger partial charge is 0.278 e. The number of benzene rings is 2. The Morgan fingerprint density at radius 2 is 1.65 bits per heavy atom. The lowest BCUT2D eigenvalue weighted by atomic mass is 10.2. The number of amides is 2. The minimum atomic E-state index is -3.90. The number of rotatable bonds is 4. The molecule has 9 heteroatoms. The van der Waals surface area contributed by atoms with Gasteiger partial charge in [0.2, 0.25) is 11.8 Å². The molecule has 0 unspecified atom stereocenters. The van der Waals surface area contributed by atoms with E-state index >= 15 is 0 Å². The predicted octanol–water partition coefficient (Wildman–Crippen LogP) is 3.76. The highest BCUT2D eigenvalue weighted by Crippen LogP contribution is 2.30. The summed E-state index contributed by atoms with van der Waals surface area (Å²) in [5, 5.41) is 0.556. The highest BCUT2D eigenvalue weighted by molar-refractivity contribution is 7.92. The average Bonchev–Trinajstić information content (AvgIpc) is 2.89. The molecule has 3 rings (SSSR count). The maximum atomic E-state index is 12.6. The standard InChI is InChI=1S/C17H14Cl2N2O4S/c1-10-8-12(3-5-15(10)21-16(22)6-7-17(21)23)26(24,25)20-14-4-2-11(18)9-13(14)19/h2-5,8-9,20H,6-7H2,1H3. The Hall–Kier alpha value is -2.09. The van der Waals surface area contributed by atoms with Crippen molar-refractivity contribution in [2.75, 3.05) is 9.62 Å². The Labute approximate surface area is 160 Å². The van der Waals surface area contributed by atoms with E-state index in [9.17, 15) is 18.0 Å². The van der Waals surface area contributed by atoms with Crippen LogP contribution in [0.5, 0.6) is 0 Å². The molecule has 0 radical (unpaired) electrons. The lowest BCUT2D eigenvalue weighted by Crippen LogP contribution is -2.29. The average molecular weight is 413 g/mol. The van der Waals surface area contributed by atoms with Gasteiger partial charge in [-0.2, -0.15) is 0 Å². The molecule has 1 saturated heterocycles. The minimum absolute atomic E-state index is 0.0103. The van der Waals surface area contributed by atoms with E-state index in [2.05, 4.69) is 4.72 Å². The van der Waals surface area contributed by atoms with Gasteiger partial charge in [-0.3, -0.25) is 19.2 Å². The number of nitrogens with zero attached hydrogens (tertiary/aromatic N) is 1. The van der Waals surface area contributed by atoms with Gasteiger partial charge in [0.1, 0.15) is 0 Å². The summed E-state index contributed by atoms with van der Waals surface area (Å²) in [6, 6.07) is 8.61. The molecular weight excluding hydrogens is 399 g/mol. The number of nitrogens with one attached hydrogen (secondary N) is 1. The van der Waals surface area contributed by atoms with Gasteiger partial charge in [-0.05, 0) is 48.9 Å². The monoisotopic (exact) mass is 412 g/mol. The first-order valence-corrected chi connectivity index (χ1v) is 9.87. The van der Waals surface area contributed by atoms with Gasteiger partial charge >= 0.3 is 0 Å². The van der Waals surface area contributed by atoms with Crippen LogP contribution < -0.4 is 9.62 Å². The second kappa shape index (κ2) is 6.90. The zero-order chi connectivity index (χ0) is 19.1. The summed E-state index contributed by atoms with van der Waals surface area (Å²) in [6.45, 7) is 1.64. The molecular formula is C17H14Cl2N2O4S. The van der Waals surface area contributed by atoms with Gasteiger partial charge in [0.25, 0.3) is 10.0 Å². The smallest absolute Gasteiger partial charge is 0.261 e. The topological polar surface area (TPSA) is 83.6 Å². The quantitative estimate of drug-likeness (QED) is 0.774. The molecule has 26 heavy (non-hydrogen) atoms. The van der Waals surface area contributed by atoms with Gasteiger partial charge in [0.05, 0.1) is 21.3 Å². The van der Waals surface area contributed by atoms with Crippen molar-refractivity contribution in [1.29, 1.82) is 0 Å². The number of carbonyl (C=O) groups is 2. The van der Waals surface area contributed by atoms with Crippen molar-refractivity contribution in [2.45, 2.75) is 24.7 Å². The SMILES string of the molecule is Cc1cc(S(=O)(=O)Nc2ccc(Cl)cc2Cl)ccc1N1C(=O)CCC1=O. The van der Waals surface area contributed by atoms with Crippen molar-refractivity contribution in [1.82, 2.24) is 0 Å². The van der Waals surface area contributed by atoms with Crippen LogP contribution in [0, 0.1) is 6.92 Å². The Morgan fingerprint density at radius 3 is 2.23 bits per heavy atom. The molecule has 0 atom stereocenters. The molecule has 1 fully saturated rings. The maximum Gasteiger partial charge on any atom is 0.261 e. The number of sulfonamides is 1. The van der Waals surface area contributed by atoms with Crippen LogP contribution in [0.25, 0.3) is 0 Å². The number of aryl methyl sites for hydroxylation is 1. The van der Waals surface area contributed by atoms with Gasteiger partial charge in [-0.1, -0.05) is 23.2 Å². The van der Waals surface area contributed by atoms with Crippen molar-refractivity contribution in [3.05, 3.63) is 52.0 Å². The van der Waals surface area contributed by atoms with Crippen LogP contribution in [0.4, 0.5) is 11.4 Å². The molecule has 2 aromatic carbocycles. The lowest BCUT2D eigenvalue weighted by Gasteiger charge is -2.17. The van der Waals surface area contributed by atoms with E-state index in [1.54, 1.807) is 6.92 Å². The van der Waals surface area contributed by atoms with Gasteiger partial charge < -0.3 is 0 Å². The van der Waals surface area contributed by atoms with Crippen LogP contribution in [0.15, 0.2) is 41.3 Å². The van der Waals surface area contributed by atoms with E-state index in [-0.39, 0.29) is 40.3 Å². The second-order valence-electron chi connectivity index (χ2n) is 5.80. The van der Waals surface area contributed by atoms with Crippen LogP contribution in [-0.2, 0) is 19.6 Å². The Bertz CT molecular complexity index is 1010. The van der Waals surface area contributed by atoms with Crippen LogP contribution in [0.3, 0.4) is 0 Å². The van der Waals surface area contributed by atoms with Gasteiger partial charge in [-0.15, -0.1) is 0 Å². The Morgan fingerprint density at radius 1 is 1.00 bits per heavy atom. The molecule has 0 bridgehead atoms. The first-order chi connectivity index (χ1) is 12.2. The van der Waals surface area contributed by atoms with E-state index in [0.29, 0.717) is 16.3 Å². The molecule has 0 aliphatic carbocycles. The zero-order valence-electron chi connectivity index (χ0n) is 13.6. The first kappa shape index (κ1) is 18.7. The minimum Gasteiger partial charge on any atom is -0.278 e. The van der Waals surface area contributed by atoms with Gasteiger partial charge in [0.15, 0.2) is 0 Å². The van der Waals surface area contributed by atoms with Gasteiger partial charge in [0, 0.05) is 17.9 Å². The molecule has 0 saturated carbocycles. The summed E-state index contributed by atoms with van der Waals surface area (Å²) in [4.78, 5) is 24.8. The summed E-state index contributed by atoms with van der Waals surface area (Å²) >= 11 is 11.8. The molecule has 6 nitrogen and oxygen atoms in total. The van der Waals surface area contributed by atoms with Crippen LogP contribution >= 0.6 is 23.2 Å². The third kappa shape index (κ3) is 3.56. The molecule has 2 aromatic rings. The fourth-order valence-electron chi connectivity index (χ4n) is 2.67. The molecule has 1 heterocycles. The number of hydrogen-bond acceptors (Lipinski definition) is 4. The predicted molar refractivity (Wildman–Crippen MR) is 100 cm³/mol. The van der Waals surface area contributed by atoms with Gasteiger partial charge in [-0.25, -0.2) is 8.42 Å². The fourth-order valence-corrected chi connectivity index (χ4v) is 4.34. The van der Waals surface area contributed by atoms with Crippen molar-refractivity contribution in [3.8, 4) is 0 Å². The van der Waals surface area contributed by atoms with E-state index in [1.165, 1.54) is 36.4 Å².